The second kappa shape index (κ2) is 8.25. The molecular formula is C17H17ClN2O5. The number of ether oxygens (including phenoxy) is 3. The van der Waals surface area contributed by atoms with E-state index in [9.17, 15) is 4.79 Å². The summed E-state index contributed by atoms with van der Waals surface area (Å²) in [6.45, 7) is 0. The molecule has 0 fully saturated rings. The number of rotatable bonds is 7. The summed E-state index contributed by atoms with van der Waals surface area (Å²) in [6.07, 6.45) is 1.52. The van der Waals surface area contributed by atoms with E-state index in [0.29, 0.717) is 28.5 Å². The van der Waals surface area contributed by atoms with Gasteiger partial charge >= 0.3 is 5.97 Å². The highest BCUT2D eigenvalue weighted by atomic mass is 35.5. The summed E-state index contributed by atoms with van der Waals surface area (Å²) >= 11 is 5.83. The maximum atomic E-state index is 11.1. The molecule has 7 nitrogen and oxygen atoms in total. The molecule has 0 radical (unpaired) electrons. The molecule has 0 aliphatic carbocycles. The Morgan fingerprint density at radius 3 is 2.44 bits per heavy atom. The number of hydrogen-bond donors (Lipinski definition) is 2. The maximum absolute atomic E-state index is 11.1. The van der Waals surface area contributed by atoms with Crippen LogP contribution in [-0.2, 0) is 0 Å². The Morgan fingerprint density at radius 2 is 1.84 bits per heavy atom. The smallest absolute Gasteiger partial charge is 0.337 e. The Bertz CT molecular complexity index is 808. The molecule has 0 saturated carbocycles. The van der Waals surface area contributed by atoms with E-state index in [1.165, 1.54) is 39.7 Å². The van der Waals surface area contributed by atoms with E-state index >= 15 is 0 Å². The fourth-order valence-electron chi connectivity index (χ4n) is 2.16. The molecule has 0 aliphatic heterocycles. The summed E-state index contributed by atoms with van der Waals surface area (Å²) in [5.41, 5.74) is 3.88. The number of benzene rings is 2. The molecule has 0 amide bonds. The van der Waals surface area contributed by atoms with E-state index in [1.807, 2.05) is 0 Å². The maximum Gasteiger partial charge on any atom is 0.337 e. The predicted octanol–water partition coefficient (Wildman–Crippen LogP) is 3.51. The van der Waals surface area contributed by atoms with Gasteiger partial charge in [-0.25, -0.2) is 4.79 Å². The lowest BCUT2D eigenvalue weighted by molar-refractivity contribution is 0.0697. The van der Waals surface area contributed by atoms with Gasteiger partial charge in [-0.15, -0.1) is 0 Å². The summed E-state index contributed by atoms with van der Waals surface area (Å²) < 4.78 is 15.9. The average molecular weight is 365 g/mol. The third kappa shape index (κ3) is 4.13. The number of carboxylic acid groups (broad SMARTS) is 1. The van der Waals surface area contributed by atoms with Gasteiger partial charge in [0.05, 0.1) is 43.8 Å². The summed E-state index contributed by atoms with van der Waals surface area (Å²) in [4.78, 5) is 11.1. The van der Waals surface area contributed by atoms with Gasteiger partial charge in [0, 0.05) is 5.56 Å². The minimum Gasteiger partial charge on any atom is -0.493 e. The third-order valence-electron chi connectivity index (χ3n) is 3.33. The van der Waals surface area contributed by atoms with Gasteiger partial charge in [-0.05, 0) is 30.3 Å². The van der Waals surface area contributed by atoms with Crippen molar-refractivity contribution in [3.8, 4) is 17.2 Å². The van der Waals surface area contributed by atoms with Crippen molar-refractivity contribution in [2.24, 2.45) is 5.10 Å². The van der Waals surface area contributed by atoms with Crippen molar-refractivity contribution in [1.29, 1.82) is 0 Å². The van der Waals surface area contributed by atoms with Crippen LogP contribution in [0.1, 0.15) is 15.9 Å². The van der Waals surface area contributed by atoms with Crippen molar-refractivity contribution in [3.05, 3.63) is 46.5 Å². The Morgan fingerprint density at radius 1 is 1.12 bits per heavy atom. The van der Waals surface area contributed by atoms with E-state index in [-0.39, 0.29) is 10.6 Å². The summed E-state index contributed by atoms with van der Waals surface area (Å²) in [5.74, 6) is 0.343. The van der Waals surface area contributed by atoms with Gasteiger partial charge in [0.2, 0.25) is 5.75 Å². The Hall–Kier alpha value is -2.93. The van der Waals surface area contributed by atoms with Gasteiger partial charge in [-0.1, -0.05) is 11.6 Å². The molecule has 0 atom stereocenters. The van der Waals surface area contributed by atoms with Crippen LogP contribution in [0.2, 0.25) is 5.02 Å². The lowest BCUT2D eigenvalue weighted by atomic mass is 10.2. The normalized spacial score (nSPS) is 10.6. The monoisotopic (exact) mass is 364 g/mol. The molecule has 132 valence electrons. The van der Waals surface area contributed by atoms with Gasteiger partial charge in [0.25, 0.3) is 0 Å². The number of nitrogens with one attached hydrogen (secondary N) is 1. The van der Waals surface area contributed by atoms with Crippen LogP contribution >= 0.6 is 11.6 Å². The van der Waals surface area contributed by atoms with Gasteiger partial charge in [0.15, 0.2) is 11.5 Å². The molecule has 2 aromatic rings. The second-order valence-corrected chi connectivity index (χ2v) is 5.20. The van der Waals surface area contributed by atoms with Crippen LogP contribution in [0, 0.1) is 0 Å². The molecule has 0 aliphatic rings. The average Bonchev–Trinajstić information content (AvgIpc) is 2.62. The van der Waals surface area contributed by atoms with Gasteiger partial charge in [-0.3, -0.25) is 5.43 Å². The fraction of sp³-hybridized carbons (Fsp3) is 0.176. The lowest BCUT2D eigenvalue weighted by Crippen LogP contribution is -2.00. The first-order valence-electron chi connectivity index (χ1n) is 7.12. The second-order valence-electron chi connectivity index (χ2n) is 4.79. The Kier molecular flexibility index (Phi) is 6.08. The standard InChI is InChI=1S/C17H17ClN2O5/c1-23-14-7-4-10(15(24-2)16(14)25-3)9-19-20-11-5-6-13(18)12(8-11)17(21)22/h4-9,20H,1-3H3,(H,21,22)/b19-9+. The van der Waals surface area contributed by atoms with Crippen LogP contribution in [0.4, 0.5) is 5.69 Å². The van der Waals surface area contributed by atoms with Crippen LogP contribution in [0.15, 0.2) is 35.4 Å². The zero-order chi connectivity index (χ0) is 18.4. The van der Waals surface area contributed by atoms with Crippen molar-refractivity contribution in [2.45, 2.75) is 0 Å². The van der Waals surface area contributed by atoms with Crippen molar-refractivity contribution in [3.63, 3.8) is 0 Å². The highest BCUT2D eigenvalue weighted by Gasteiger charge is 2.14. The fourth-order valence-corrected chi connectivity index (χ4v) is 2.36. The molecule has 2 rings (SSSR count). The summed E-state index contributed by atoms with van der Waals surface area (Å²) in [5, 5.41) is 13.3. The van der Waals surface area contributed by atoms with E-state index in [4.69, 9.17) is 30.9 Å². The van der Waals surface area contributed by atoms with Gasteiger partial charge < -0.3 is 19.3 Å². The number of methoxy groups -OCH3 is 3. The molecule has 0 heterocycles. The summed E-state index contributed by atoms with van der Waals surface area (Å²) in [6, 6.07) is 8.00. The number of nitrogens with zero attached hydrogens (tertiary/aromatic N) is 1. The first-order chi connectivity index (χ1) is 12.0. The molecule has 2 aromatic carbocycles. The number of hydrogen-bond acceptors (Lipinski definition) is 6. The largest absolute Gasteiger partial charge is 0.493 e. The molecule has 25 heavy (non-hydrogen) atoms. The number of hydrazone groups is 1. The Labute approximate surface area is 149 Å². The number of halogens is 1. The van der Waals surface area contributed by atoms with Crippen molar-refractivity contribution >= 4 is 29.5 Å². The quantitative estimate of drug-likeness (QED) is 0.577. The molecule has 2 N–H and O–H groups in total. The molecule has 8 heteroatoms. The first-order valence-corrected chi connectivity index (χ1v) is 7.50. The molecular weight excluding hydrogens is 348 g/mol. The zero-order valence-corrected chi connectivity index (χ0v) is 14.6. The molecule has 0 bridgehead atoms. The zero-order valence-electron chi connectivity index (χ0n) is 13.9. The first kappa shape index (κ1) is 18.4. The lowest BCUT2D eigenvalue weighted by Gasteiger charge is -2.13. The number of carbonyl (C=O) groups is 1. The topological polar surface area (TPSA) is 89.4 Å². The van der Waals surface area contributed by atoms with Crippen molar-refractivity contribution < 1.29 is 24.1 Å². The van der Waals surface area contributed by atoms with Gasteiger partial charge in [0.1, 0.15) is 0 Å². The van der Waals surface area contributed by atoms with Crippen molar-refractivity contribution in [1.82, 2.24) is 0 Å². The van der Waals surface area contributed by atoms with E-state index in [2.05, 4.69) is 10.5 Å². The third-order valence-corrected chi connectivity index (χ3v) is 3.66. The number of carboxylic acids is 1. The highest BCUT2D eigenvalue weighted by molar-refractivity contribution is 6.33. The predicted molar refractivity (Wildman–Crippen MR) is 95.7 cm³/mol. The highest BCUT2D eigenvalue weighted by Crippen LogP contribution is 2.39. The summed E-state index contributed by atoms with van der Waals surface area (Å²) in [7, 11) is 4.56. The molecule has 0 aromatic heterocycles. The molecule has 0 unspecified atom stereocenters. The van der Waals surface area contributed by atoms with E-state index in [1.54, 1.807) is 18.2 Å². The van der Waals surface area contributed by atoms with Crippen LogP contribution in [0.25, 0.3) is 0 Å². The van der Waals surface area contributed by atoms with Crippen LogP contribution in [0.5, 0.6) is 17.2 Å². The van der Waals surface area contributed by atoms with Gasteiger partial charge in [-0.2, -0.15) is 5.10 Å². The van der Waals surface area contributed by atoms with Crippen LogP contribution in [0.3, 0.4) is 0 Å². The minimum atomic E-state index is -1.11. The molecule has 0 saturated heterocycles. The van der Waals surface area contributed by atoms with Crippen LogP contribution in [-0.4, -0.2) is 38.6 Å². The van der Waals surface area contributed by atoms with E-state index in [0.717, 1.165) is 0 Å². The Balaban J connectivity index is 2.26. The molecule has 0 spiro atoms. The SMILES string of the molecule is COc1ccc(/C=N/Nc2ccc(Cl)c(C(=O)O)c2)c(OC)c1OC. The number of aromatic carboxylic acids is 1. The minimum absolute atomic E-state index is 0.00874. The number of anilines is 1. The van der Waals surface area contributed by atoms with E-state index < -0.39 is 5.97 Å². The van der Waals surface area contributed by atoms with Crippen molar-refractivity contribution in [2.75, 3.05) is 26.8 Å². The van der Waals surface area contributed by atoms with Crippen LogP contribution < -0.4 is 19.6 Å².